The third-order valence-corrected chi connectivity index (χ3v) is 3.22. The molecule has 1 aromatic heterocycles. The molecule has 0 spiro atoms. The fraction of sp³-hybridized carbons (Fsp3) is 0.0833. The molecule has 2 rings (SSSR count). The van der Waals surface area contributed by atoms with Crippen molar-refractivity contribution in [2.75, 3.05) is 5.75 Å². The Balaban J connectivity index is 2.32. The van der Waals surface area contributed by atoms with E-state index in [1.807, 2.05) is 41.1 Å². The SMILES string of the molecule is C=CCSc1nccn1-c1cccc(Cl)c1. The Morgan fingerprint density at radius 2 is 2.38 bits per heavy atom. The maximum absolute atomic E-state index is 5.96. The predicted molar refractivity (Wildman–Crippen MR) is 69.5 cm³/mol. The van der Waals surface area contributed by atoms with Crippen molar-refractivity contribution in [2.45, 2.75) is 5.16 Å². The van der Waals surface area contributed by atoms with E-state index in [-0.39, 0.29) is 0 Å². The summed E-state index contributed by atoms with van der Waals surface area (Å²) in [4.78, 5) is 4.29. The monoisotopic (exact) mass is 250 g/mol. The van der Waals surface area contributed by atoms with Crippen LogP contribution >= 0.6 is 23.4 Å². The van der Waals surface area contributed by atoms with Crippen molar-refractivity contribution >= 4 is 23.4 Å². The molecule has 0 fully saturated rings. The number of hydrogen-bond acceptors (Lipinski definition) is 2. The quantitative estimate of drug-likeness (QED) is 0.607. The smallest absolute Gasteiger partial charge is 0.172 e. The van der Waals surface area contributed by atoms with Gasteiger partial charge in [0.05, 0.1) is 0 Å². The van der Waals surface area contributed by atoms with Gasteiger partial charge >= 0.3 is 0 Å². The molecule has 1 aromatic carbocycles. The van der Waals surface area contributed by atoms with Gasteiger partial charge in [0.15, 0.2) is 5.16 Å². The minimum atomic E-state index is 0.728. The average molecular weight is 251 g/mol. The zero-order valence-corrected chi connectivity index (χ0v) is 10.2. The van der Waals surface area contributed by atoms with Gasteiger partial charge in [0.25, 0.3) is 0 Å². The summed E-state index contributed by atoms with van der Waals surface area (Å²) >= 11 is 7.61. The summed E-state index contributed by atoms with van der Waals surface area (Å²) in [6, 6.07) is 7.71. The molecule has 0 atom stereocenters. The van der Waals surface area contributed by atoms with Gasteiger partial charge in [-0.15, -0.1) is 6.58 Å². The fourth-order valence-electron chi connectivity index (χ4n) is 1.35. The Hall–Kier alpha value is -1.19. The lowest BCUT2D eigenvalue weighted by Gasteiger charge is -2.06. The normalized spacial score (nSPS) is 10.3. The Labute approximate surface area is 104 Å². The van der Waals surface area contributed by atoms with Crippen molar-refractivity contribution in [3.05, 3.63) is 54.3 Å². The van der Waals surface area contributed by atoms with E-state index >= 15 is 0 Å². The van der Waals surface area contributed by atoms with Crippen LogP contribution in [-0.2, 0) is 0 Å². The van der Waals surface area contributed by atoms with E-state index in [1.54, 1.807) is 18.0 Å². The first kappa shape index (κ1) is 11.3. The molecule has 16 heavy (non-hydrogen) atoms. The average Bonchev–Trinajstić information content (AvgIpc) is 2.74. The summed E-state index contributed by atoms with van der Waals surface area (Å²) in [5.41, 5.74) is 1.02. The van der Waals surface area contributed by atoms with Crippen LogP contribution < -0.4 is 0 Å². The first-order valence-corrected chi connectivity index (χ1v) is 6.20. The van der Waals surface area contributed by atoms with Crippen molar-refractivity contribution in [1.82, 2.24) is 9.55 Å². The van der Waals surface area contributed by atoms with E-state index in [9.17, 15) is 0 Å². The maximum atomic E-state index is 5.96. The number of halogens is 1. The van der Waals surface area contributed by atoms with Gasteiger partial charge in [-0.25, -0.2) is 4.98 Å². The lowest BCUT2D eigenvalue weighted by molar-refractivity contribution is 0.897. The van der Waals surface area contributed by atoms with Crippen LogP contribution in [0.2, 0.25) is 5.02 Å². The second kappa shape index (κ2) is 5.23. The highest BCUT2D eigenvalue weighted by Gasteiger charge is 2.04. The van der Waals surface area contributed by atoms with Gasteiger partial charge in [0, 0.05) is 28.9 Å². The maximum Gasteiger partial charge on any atom is 0.172 e. The lowest BCUT2D eigenvalue weighted by Crippen LogP contribution is -1.94. The topological polar surface area (TPSA) is 17.8 Å². The summed E-state index contributed by atoms with van der Waals surface area (Å²) in [5.74, 6) is 0.845. The van der Waals surface area contributed by atoms with Crippen LogP contribution in [0.15, 0.2) is 54.5 Å². The Morgan fingerprint density at radius 3 is 3.12 bits per heavy atom. The van der Waals surface area contributed by atoms with Crippen LogP contribution in [0.5, 0.6) is 0 Å². The van der Waals surface area contributed by atoms with Gasteiger partial charge in [-0.3, -0.25) is 4.57 Å². The second-order valence-corrected chi connectivity index (χ2v) is 4.58. The summed E-state index contributed by atoms with van der Waals surface area (Å²) in [5, 5.41) is 1.67. The van der Waals surface area contributed by atoms with Gasteiger partial charge in [-0.2, -0.15) is 0 Å². The fourth-order valence-corrected chi connectivity index (χ4v) is 2.24. The molecule has 0 unspecified atom stereocenters. The molecule has 0 amide bonds. The van der Waals surface area contributed by atoms with Crippen molar-refractivity contribution in [2.24, 2.45) is 0 Å². The molecular formula is C12H11ClN2S. The molecule has 0 saturated heterocycles. The van der Waals surface area contributed by atoms with Crippen molar-refractivity contribution in [3.8, 4) is 5.69 Å². The van der Waals surface area contributed by atoms with Crippen LogP contribution in [-0.4, -0.2) is 15.3 Å². The molecule has 0 N–H and O–H groups in total. The Morgan fingerprint density at radius 1 is 1.50 bits per heavy atom. The third-order valence-electron chi connectivity index (χ3n) is 2.02. The Bertz CT molecular complexity index is 493. The van der Waals surface area contributed by atoms with Crippen LogP contribution in [0, 0.1) is 0 Å². The first-order valence-electron chi connectivity index (χ1n) is 4.84. The number of nitrogens with zero attached hydrogens (tertiary/aromatic N) is 2. The van der Waals surface area contributed by atoms with Crippen LogP contribution in [0.1, 0.15) is 0 Å². The number of imidazole rings is 1. The highest BCUT2D eigenvalue weighted by molar-refractivity contribution is 7.99. The first-order chi connectivity index (χ1) is 7.81. The summed E-state index contributed by atoms with van der Waals surface area (Å²) < 4.78 is 2.01. The second-order valence-electron chi connectivity index (χ2n) is 3.16. The van der Waals surface area contributed by atoms with E-state index in [0.29, 0.717) is 0 Å². The highest BCUT2D eigenvalue weighted by atomic mass is 35.5. The molecule has 1 heterocycles. The largest absolute Gasteiger partial charge is 0.295 e. The van der Waals surface area contributed by atoms with Crippen LogP contribution in [0.25, 0.3) is 5.69 Å². The zero-order chi connectivity index (χ0) is 11.4. The third kappa shape index (κ3) is 2.49. The van der Waals surface area contributed by atoms with Crippen molar-refractivity contribution in [3.63, 3.8) is 0 Å². The summed E-state index contributed by atoms with van der Waals surface area (Å²) in [6.45, 7) is 3.70. The van der Waals surface area contributed by atoms with E-state index in [2.05, 4.69) is 11.6 Å². The van der Waals surface area contributed by atoms with Gasteiger partial charge < -0.3 is 0 Å². The molecule has 0 bridgehead atoms. The van der Waals surface area contributed by atoms with Gasteiger partial charge in [0.1, 0.15) is 0 Å². The van der Waals surface area contributed by atoms with Crippen molar-refractivity contribution < 1.29 is 0 Å². The van der Waals surface area contributed by atoms with Crippen LogP contribution in [0.3, 0.4) is 0 Å². The van der Waals surface area contributed by atoms with Crippen LogP contribution in [0.4, 0.5) is 0 Å². The van der Waals surface area contributed by atoms with Gasteiger partial charge in [-0.1, -0.05) is 35.5 Å². The minimum Gasteiger partial charge on any atom is -0.295 e. The molecular weight excluding hydrogens is 240 g/mol. The molecule has 82 valence electrons. The molecule has 0 saturated carbocycles. The number of thioether (sulfide) groups is 1. The number of aromatic nitrogens is 2. The molecule has 0 aliphatic heterocycles. The Kier molecular flexibility index (Phi) is 3.70. The number of rotatable bonds is 4. The molecule has 2 nitrogen and oxygen atoms in total. The number of hydrogen-bond donors (Lipinski definition) is 0. The predicted octanol–water partition coefficient (Wildman–Crippen LogP) is 3.80. The highest BCUT2D eigenvalue weighted by Crippen LogP contribution is 2.22. The number of benzene rings is 1. The zero-order valence-electron chi connectivity index (χ0n) is 8.64. The van der Waals surface area contributed by atoms with Gasteiger partial charge in [-0.05, 0) is 18.2 Å². The molecule has 0 radical (unpaired) electrons. The minimum absolute atomic E-state index is 0.728. The van der Waals surface area contributed by atoms with E-state index in [1.165, 1.54) is 0 Å². The molecule has 4 heteroatoms. The van der Waals surface area contributed by atoms with E-state index in [0.717, 1.165) is 21.6 Å². The molecule has 0 aliphatic carbocycles. The summed E-state index contributed by atoms with van der Waals surface area (Å²) in [6.07, 6.45) is 5.57. The van der Waals surface area contributed by atoms with Gasteiger partial charge in [0.2, 0.25) is 0 Å². The standard InChI is InChI=1S/C12H11ClN2S/c1-2-8-16-12-14-6-7-15(12)11-5-3-4-10(13)9-11/h2-7,9H,1,8H2. The molecule has 2 aromatic rings. The lowest BCUT2D eigenvalue weighted by atomic mass is 10.3. The molecule has 0 aliphatic rings. The van der Waals surface area contributed by atoms with Crippen molar-refractivity contribution in [1.29, 1.82) is 0 Å². The summed E-state index contributed by atoms with van der Waals surface area (Å²) in [7, 11) is 0. The van der Waals surface area contributed by atoms with E-state index < -0.39 is 0 Å². The van der Waals surface area contributed by atoms with E-state index in [4.69, 9.17) is 11.6 Å².